The van der Waals surface area contributed by atoms with Crippen LogP contribution in [0.4, 0.5) is 0 Å². The summed E-state index contributed by atoms with van der Waals surface area (Å²) in [6, 6.07) is 7.11. The van der Waals surface area contributed by atoms with Gasteiger partial charge in [0.15, 0.2) is 0 Å². The van der Waals surface area contributed by atoms with E-state index in [9.17, 15) is 0 Å². The normalized spacial score (nSPS) is 21.2. The molecular weight excluding hydrogens is 226 g/mol. The topological polar surface area (TPSA) is 12.0 Å². The predicted molar refractivity (Wildman–Crippen MR) is 58.8 cm³/mol. The van der Waals surface area contributed by atoms with Crippen molar-refractivity contribution in [3.05, 3.63) is 33.8 Å². The molecule has 2 heteroatoms. The second-order valence-corrected chi connectivity index (χ2v) is 4.42. The Morgan fingerprint density at radius 1 is 1.54 bits per heavy atom. The van der Waals surface area contributed by atoms with Crippen LogP contribution in [0.1, 0.15) is 24.5 Å². The largest absolute Gasteiger partial charge is 0.310 e. The van der Waals surface area contributed by atoms with Crippen LogP contribution < -0.4 is 5.32 Å². The molecule has 0 bridgehead atoms. The third-order valence-electron chi connectivity index (χ3n) is 2.74. The summed E-state index contributed by atoms with van der Waals surface area (Å²) in [5.41, 5.74) is 2.94. The number of fused-ring (bicyclic) bond motifs is 1. The third-order valence-corrected chi connectivity index (χ3v) is 3.48. The molecule has 2 rings (SSSR count). The van der Waals surface area contributed by atoms with Crippen LogP contribution in [0.15, 0.2) is 22.7 Å². The molecule has 0 unspecified atom stereocenters. The zero-order valence-corrected chi connectivity index (χ0v) is 9.39. The lowest BCUT2D eigenvalue weighted by Gasteiger charge is -2.25. The van der Waals surface area contributed by atoms with E-state index in [-0.39, 0.29) is 0 Å². The van der Waals surface area contributed by atoms with E-state index in [0.29, 0.717) is 6.04 Å². The van der Waals surface area contributed by atoms with E-state index in [4.69, 9.17) is 0 Å². The number of benzene rings is 1. The number of hydrogen-bond donors (Lipinski definition) is 1. The van der Waals surface area contributed by atoms with E-state index in [0.717, 1.165) is 13.0 Å². The van der Waals surface area contributed by atoms with Gasteiger partial charge in [0, 0.05) is 17.1 Å². The first-order valence-corrected chi connectivity index (χ1v) is 5.60. The number of halogens is 1. The average molecular weight is 240 g/mol. The van der Waals surface area contributed by atoms with Crippen LogP contribution in [-0.4, -0.2) is 6.04 Å². The van der Waals surface area contributed by atoms with Crippen LogP contribution in [0.25, 0.3) is 0 Å². The maximum Gasteiger partial charge on any atom is 0.0211 e. The second-order valence-electron chi connectivity index (χ2n) is 3.57. The van der Waals surface area contributed by atoms with E-state index >= 15 is 0 Å². The SMILES string of the molecule is CC[C@@H]1Cc2c(Br)cccc2CN1. The Labute approximate surface area is 87.7 Å². The highest BCUT2D eigenvalue weighted by molar-refractivity contribution is 9.10. The van der Waals surface area contributed by atoms with Crippen molar-refractivity contribution >= 4 is 15.9 Å². The summed E-state index contributed by atoms with van der Waals surface area (Å²) in [7, 11) is 0. The van der Waals surface area contributed by atoms with Crippen molar-refractivity contribution in [3.8, 4) is 0 Å². The van der Waals surface area contributed by atoms with Crippen LogP contribution in [0, 0.1) is 0 Å². The van der Waals surface area contributed by atoms with Crippen molar-refractivity contribution in [2.45, 2.75) is 32.4 Å². The highest BCUT2D eigenvalue weighted by Crippen LogP contribution is 2.25. The molecule has 1 aliphatic heterocycles. The maximum absolute atomic E-state index is 3.61. The van der Waals surface area contributed by atoms with Crippen molar-refractivity contribution < 1.29 is 0 Å². The average Bonchev–Trinajstić information content (AvgIpc) is 2.18. The Balaban J connectivity index is 2.32. The van der Waals surface area contributed by atoms with Gasteiger partial charge in [-0.25, -0.2) is 0 Å². The molecule has 13 heavy (non-hydrogen) atoms. The van der Waals surface area contributed by atoms with E-state index in [1.807, 2.05) is 0 Å². The van der Waals surface area contributed by atoms with Gasteiger partial charge in [0.05, 0.1) is 0 Å². The summed E-state index contributed by atoms with van der Waals surface area (Å²) in [4.78, 5) is 0. The van der Waals surface area contributed by atoms with Gasteiger partial charge in [0.2, 0.25) is 0 Å². The quantitative estimate of drug-likeness (QED) is 0.795. The van der Waals surface area contributed by atoms with Crippen molar-refractivity contribution in [3.63, 3.8) is 0 Å². The highest BCUT2D eigenvalue weighted by atomic mass is 79.9. The van der Waals surface area contributed by atoms with Crippen molar-refractivity contribution in [2.24, 2.45) is 0 Å². The van der Waals surface area contributed by atoms with Crippen LogP contribution in [0.2, 0.25) is 0 Å². The van der Waals surface area contributed by atoms with E-state index in [1.54, 1.807) is 0 Å². The van der Waals surface area contributed by atoms with Crippen molar-refractivity contribution in [2.75, 3.05) is 0 Å². The predicted octanol–water partition coefficient (Wildman–Crippen LogP) is 2.87. The number of rotatable bonds is 1. The Morgan fingerprint density at radius 3 is 3.15 bits per heavy atom. The van der Waals surface area contributed by atoms with E-state index in [2.05, 4.69) is 46.4 Å². The van der Waals surface area contributed by atoms with Gasteiger partial charge in [-0.3, -0.25) is 0 Å². The van der Waals surface area contributed by atoms with Crippen LogP contribution in [0.3, 0.4) is 0 Å². The zero-order valence-electron chi connectivity index (χ0n) is 7.81. The fourth-order valence-electron chi connectivity index (χ4n) is 1.86. The maximum atomic E-state index is 3.61. The number of nitrogens with one attached hydrogen (secondary N) is 1. The molecule has 0 amide bonds. The van der Waals surface area contributed by atoms with Gasteiger partial charge in [-0.05, 0) is 30.0 Å². The van der Waals surface area contributed by atoms with Gasteiger partial charge in [0.1, 0.15) is 0 Å². The van der Waals surface area contributed by atoms with Crippen LogP contribution in [0.5, 0.6) is 0 Å². The first-order chi connectivity index (χ1) is 6.31. The molecular formula is C11H14BrN. The minimum absolute atomic E-state index is 0.659. The molecule has 1 heterocycles. The molecule has 0 fully saturated rings. The molecule has 1 atom stereocenters. The van der Waals surface area contributed by atoms with Gasteiger partial charge < -0.3 is 5.32 Å². The van der Waals surface area contributed by atoms with Crippen LogP contribution in [-0.2, 0) is 13.0 Å². The Morgan fingerprint density at radius 2 is 2.38 bits per heavy atom. The third kappa shape index (κ3) is 1.79. The summed E-state index contributed by atoms with van der Waals surface area (Å²) in [5.74, 6) is 0. The number of hydrogen-bond acceptors (Lipinski definition) is 1. The molecule has 70 valence electrons. The summed E-state index contributed by atoms with van der Waals surface area (Å²) < 4.78 is 1.27. The first-order valence-electron chi connectivity index (χ1n) is 4.81. The molecule has 1 aromatic carbocycles. The summed E-state index contributed by atoms with van der Waals surface area (Å²) in [5, 5.41) is 3.53. The highest BCUT2D eigenvalue weighted by Gasteiger charge is 2.17. The van der Waals surface area contributed by atoms with E-state index < -0.39 is 0 Å². The monoisotopic (exact) mass is 239 g/mol. The van der Waals surface area contributed by atoms with Gasteiger partial charge >= 0.3 is 0 Å². The van der Waals surface area contributed by atoms with Gasteiger partial charge in [-0.15, -0.1) is 0 Å². The molecule has 0 aromatic heterocycles. The smallest absolute Gasteiger partial charge is 0.0211 e. The standard InChI is InChI=1S/C11H14BrN/c1-2-9-6-10-8(7-13-9)4-3-5-11(10)12/h3-5,9,13H,2,6-7H2,1H3/t9-/m1/s1. The Hall–Kier alpha value is -0.340. The second kappa shape index (κ2) is 3.81. The lowest BCUT2D eigenvalue weighted by atomic mass is 9.95. The Kier molecular flexibility index (Phi) is 2.70. The zero-order chi connectivity index (χ0) is 9.26. The minimum atomic E-state index is 0.659. The fraction of sp³-hybridized carbons (Fsp3) is 0.455. The lowest BCUT2D eigenvalue weighted by Crippen LogP contribution is -2.34. The van der Waals surface area contributed by atoms with Crippen molar-refractivity contribution in [1.82, 2.24) is 5.32 Å². The molecule has 1 N–H and O–H groups in total. The minimum Gasteiger partial charge on any atom is -0.310 e. The first kappa shape index (κ1) is 9.22. The van der Waals surface area contributed by atoms with Gasteiger partial charge in [-0.1, -0.05) is 35.0 Å². The molecule has 0 aliphatic carbocycles. The summed E-state index contributed by atoms with van der Waals surface area (Å²) >= 11 is 3.61. The van der Waals surface area contributed by atoms with Crippen molar-refractivity contribution in [1.29, 1.82) is 0 Å². The fourth-order valence-corrected chi connectivity index (χ4v) is 2.43. The summed E-state index contributed by atoms with van der Waals surface area (Å²) in [6.45, 7) is 3.26. The Bertz CT molecular complexity index is 309. The molecule has 0 saturated heterocycles. The molecule has 1 nitrogen and oxygen atoms in total. The molecule has 0 saturated carbocycles. The van der Waals surface area contributed by atoms with Gasteiger partial charge in [-0.2, -0.15) is 0 Å². The molecule has 0 spiro atoms. The van der Waals surface area contributed by atoms with Crippen LogP contribution >= 0.6 is 15.9 Å². The lowest BCUT2D eigenvalue weighted by molar-refractivity contribution is 0.467. The van der Waals surface area contributed by atoms with E-state index in [1.165, 1.54) is 22.0 Å². The molecule has 1 aliphatic rings. The molecule has 1 aromatic rings. The summed E-state index contributed by atoms with van der Waals surface area (Å²) in [6.07, 6.45) is 2.37. The van der Waals surface area contributed by atoms with Gasteiger partial charge in [0.25, 0.3) is 0 Å². The molecule has 0 radical (unpaired) electrons.